The maximum atomic E-state index is 12.9. The molecule has 1 aliphatic heterocycles. The van der Waals surface area contributed by atoms with Gasteiger partial charge in [-0.3, -0.25) is 9.58 Å². The summed E-state index contributed by atoms with van der Waals surface area (Å²) in [6, 6.07) is 8.97. The molecule has 1 saturated heterocycles. The summed E-state index contributed by atoms with van der Waals surface area (Å²) in [4.78, 5) is 17.5. The molecule has 1 aromatic heterocycles. The van der Waals surface area contributed by atoms with Gasteiger partial charge in [-0.2, -0.15) is 5.10 Å². The fraction of sp³-hybridized carbons (Fsp3) is 0.565. The summed E-state index contributed by atoms with van der Waals surface area (Å²) in [5.74, 6) is 1.89. The Morgan fingerprint density at radius 2 is 1.93 bits per heavy atom. The average Bonchev–Trinajstić information content (AvgIpc) is 3.47. The average molecular weight is 394 g/mol. The van der Waals surface area contributed by atoms with Gasteiger partial charge in [-0.1, -0.05) is 18.6 Å². The molecule has 2 saturated carbocycles. The first-order valence-electron chi connectivity index (χ1n) is 11.0. The Morgan fingerprint density at radius 3 is 2.59 bits per heavy atom. The molecule has 6 heteroatoms. The Morgan fingerprint density at radius 1 is 1.10 bits per heavy atom. The third kappa shape index (κ3) is 3.54. The van der Waals surface area contributed by atoms with E-state index in [2.05, 4.69) is 33.5 Å². The molecular weight excluding hydrogens is 362 g/mol. The predicted octanol–water partition coefficient (Wildman–Crippen LogP) is 3.73. The van der Waals surface area contributed by atoms with Crippen molar-refractivity contribution in [2.75, 3.05) is 31.5 Å². The van der Waals surface area contributed by atoms with Gasteiger partial charge in [-0.15, -0.1) is 0 Å². The number of urea groups is 1. The van der Waals surface area contributed by atoms with Crippen molar-refractivity contribution >= 4 is 11.7 Å². The normalized spacial score (nSPS) is 26.8. The summed E-state index contributed by atoms with van der Waals surface area (Å²) < 4.78 is 1.85. The number of rotatable bonds is 3. The standard InChI is InChI=1S/C23H31N5O/c1-16-3-5-19(21-7-8-24-26(21)2)15-20(16)25-23(29)28-11-9-27(10-12-28)22-14-17-4-6-18(22)13-17/h3,5,7-8,15,17-18,22H,4,6,9-14H2,1-2H3,(H,25,29)/t17-,18+,22-/m1/s1. The molecule has 0 unspecified atom stereocenters. The van der Waals surface area contributed by atoms with E-state index in [1.54, 1.807) is 6.20 Å². The van der Waals surface area contributed by atoms with Crippen molar-refractivity contribution < 1.29 is 4.79 Å². The first-order chi connectivity index (χ1) is 14.1. The van der Waals surface area contributed by atoms with Crippen LogP contribution in [0.5, 0.6) is 0 Å². The van der Waals surface area contributed by atoms with Gasteiger partial charge >= 0.3 is 6.03 Å². The van der Waals surface area contributed by atoms with E-state index in [0.29, 0.717) is 0 Å². The van der Waals surface area contributed by atoms with Crippen molar-refractivity contribution in [3.8, 4) is 11.3 Å². The number of aryl methyl sites for hydroxylation is 2. The van der Waals surface area contributed by atoms with Crippen molar-refractivity contribution in [3.63, 3.8) is 0 Å². The number of hydrogen-bond acceptors (Lipinski definition) is 3. The van der Waals surface area contributed by atoms with Crippen LogP contribution < -0.4 is 5.32 Å². The zero-order valence-corrected chi connectivity index (χ0v) is 17.5. The zero-order chi connectivity index (χ0) is 20.0. The third-order valence-electron chi connectivity index (χ3n) is 7.37. The number of carbonyl (C=O) groups is 1. The van der Waals surface area contributed by atoms with E-state index in [9.17, 15) is 4.79 Å². The molecule has 0 radical (unpaired) electrons. The number of nitrogens with one attached hydrogen (secondary N) is 1. The van der Waals surface area contributed by atoms with Crippen molar-refractivity contribution in [1.29, 1.82) is 0 Å². The van der Waals surface area contributed by atoms with Gasteiger partial charge in [0.25, 0.3) is 0 Å². The molecule has 2 bridgehead atoms. The van der Waals surface area contributed by atoms with Crippen LogP contribution >= 0.6 is 0 Å². The number of benzene rings is 1. The van der Waals surface area contributed by atoms with E-state index in [1.165, 1.54) is 25.7 Å². The lowest BCUT2D eigenvalue weighted by molar-refractivity contribution is 0.0860. The molecule has 29 heavy (non-hydrogen) atoms. The number of carbonyl (C=O) groups excluding carboxylic acids is 1. The highest BCUT2D eigenvalue weighted by Gasteiger charge is 2.42. The summed E-state index contributed by atoms with van der Waals surface area (Å²) in [5, 5.41) is 7.40. The van der Waals surface area contributed by atoms with Gasteiger partial charge in [-0.25, -0.2) is 4.79 Å². The fourth-order valence-corrected chi connectivity index (χ4v) is 5.68. The second-order valence-corrected chi connectivity index (χ2v) is 9.07. The number of hydrogen-bond donors (Lipinski definition) is 1. The molecule has 2 amide bonds. The van der Waals surface area contributed by atoms with Gasteiger partial charge in [0.05, 0.1) is 5.69 Å². The molecule has 2 heterocycles. The van der Waals surface area contributed by atoms with Crippen molar-refractivity contribution in [1.82, 2.24) is 19.6 Å². The zero-order valence-electron chi connectivity index (χ0n) is 17.5. The number of fused-ring (bicyclic) bond motifs is 2. The van der Waals surface area contributed by atoms with Gasteiger partial charge in [-0.05, 0) is 55.7 Å². The highest BCUT2D eigenvalue weighted by atomic mass is 16.2. The largest absolute Gasteiger partial charge is 0.322 e. The third-order valence-corrected chi connectivity index (χ3v) is 7.37. The molecule has 5 rings (SSSR count). The van der Waals surface area contributed by atoms with Crippen LogP contribution in [0.15, 0.2) is 30.5 Å². The Balaban J connectivity index is 1.22. The molecule has 3 aliphatic rings. The van der Waals surface area contributed by atoms with Crippen LogP contribution in [-0.4, -0.2) is 57.8 Å². The molecular formula is C23H31N5O. The van der Waals surface area contributed by atoms with Crippen LogP contribution in [-0.2, 0) is 7.05 Å². The summed E-state index contributed by atoms with van der Waals surface area (Å²) in [5.41, 5.74) is 4.06. The first-order valence-corrected chi connectivity index (χ1v) is 11.0. The number of anilines is 1. The number of aromatic nitrogens is 2. The maximum Gasteiger partial charge on any atom is 0.321 e. The van der Waals surface area contributed by atoms with Crippen LogP contribution in [0.25, 0.3) is 11.3 Å². The van der Waals surface area contributed by atoms with Gasteiger partial charge in [0.2, 0.25) is 0 Å². The van der Waals surface area contributed by atoms with Crippen LogP contribution in [0.2, 0.25) is 0 Å². The van der Waals surface area contributed by atoms with E-state index >= 15 is 0 Å². The smallest absolute Gasteiger partial charge is 0.321 e. The van der Waals surface area contributed by atoms with Gasteiger partial charge < -0.3 is 10.2 Å². The predicted molar refractivity (Wildman–Crippen MR) is 115 cm³/mol. The van der Waals surface area contributed by atoms with Gasteiger partial charge in [0.15, 0.2) is 0 Å². The van der Waals surface area contributed by atoms with E-state index < -0.39 is 0 Å². The van der Waals surface area contributed by atoms with Crippen molar-refractivity contribution in [2.24, 2.45) is 18.9 Å². The maximum absolute atomic E-state index is 12.9. The van der Waals surface area contributed by atoms with Crippen molar-refractivity contribution in [3.05, 3.63) is 36.0 Å². The van der Waals surface area contributed by atoms with E-state index in [4.69, 9.17) is 0 Å². The second-order valence-electron chi connectivity index (χ2n) is 9.07. The van der Waals surface area contributed by atoms with Crippen LogP contribution in [0.1, 0.15) is 31.2 Å². The molecule has 154 valence electrons. The topological polar surface area (TPSA) is 53.4 Å². The molecule has 2 aromatic rings. The molecule has 1 aromatic carbocycles. The minimum Gasteiger partial charge on any atom is -0.322 e. The highest BCUT2D eigenvalue weighted by Crippen LogP contribution is 2.46. The van der Waals surface area contributed by atoms with E-state index in [1.807, 2.05) is 29.6 Å². The molecule has 0 spiro atoms. The van der Waals surface area contributed by atoms with E-state index in [0.717, 1.165) is 66.6 Å². The van der Waals surface area contributed by atoms with E-state index in [-0.39, 0.29) is 6.03 Å². The first kappa shape index (κ1) is 18.7. The number of piperazine rings is 1. The lowest BCUT2D eigenvalue weighted by atomic mass is 9.93. The minimum absolute atomic E-state index is 0.0165. The SMILES string of the molecule is Cc1ccc(-c2ccnn2C)cc1NC(=O)N1CCN([C@@H]2C[C@@H]3CC[C@H]2C3)CC1. The number of nitrogens with zero attached hydrogens (tertiary/aromatic N) is 4. The minimum atomic E-state index is 0.0165. The lowest BCUT2D eigenvalue weighted by Gasteiger charge is -2.41. The molecule has 1 N–H and O–H groups in total. The quantitative estimate of drug-likeness (QED) is 0.864. The molecule has 3 fully saturated rings. The van der Waals surface area contributed by atoms with Crippen molar-refractivity contribution in [2.45, 2.75) is 38.6 Å². The van der Waals surface area contributed by atoms with Gasteiger partial charge in [0.1, 0.15) is 0 Å². The highest BCUT2D eigenvalue weighted by molar-refractivity contribution is 5.91. The van der Waals surface area contributed by atoms with Crippen LogP contribution in [0.3, 0.4) is 0 Å². The lowest BCUT2D eigenvalue weighted by Crippen LogP contribution is -2.54. The Kier molecular flexibility index (Phi) is 4.82. The fourth-order valence-electron chi connectivity index (χ4n) is 5.68. The molecule has 2 aliphatic carbocycles. The molecule has 3 atom stereocenters. The summed E-state index contributed by atoms with van der Waals surface area (Å²) in [6.45, 7) is 5.70. The summed E-state index contributed by atoms with van der Waals surface area (Å²) in [7, 11) is 1.93. The Labute approximate surface area is 172 Å². The Hall–Kier alpha value is -2.34. The summed E-state index contributed by atoms with van der Waals surface area (Å²) in [6.07, 6.45) is 7.49. The van der Waals surface area contributed by atoms with Crippen LogP contribution in [0, 0.1) is 18.8 Å². The number of amides is 2. The Bertz CT molecular complexity index is 898. The molecule has 6 nitrogen and oxygen atoms in total. The second kappa shape index (κ2) is 7.48. The summed E-state index contributed by atoms with van der Waals surface area (Å²) >= 11 is 0. The van der Waals surface area contributed by atoms with Crippen LogP contribution in [0.4, 0.5) is 10.5 Å². The monoisotopic (exact) mass is 393 g/mol. The van der Waals surface area contributed by atoms with Gasteiger partial charge in [0, 0.05) is 56.7 Å².